The number of carbonyl (C=O) groups is 1. The molecular formula is C21H36O4. The van der Waals surface area contributed by atoms with Crippen molar-refractivity contribution in [1.82, 2.24) is 0 Å². The van der Waals surface area contributed by atoms with Crippen molar-refractivity contribution < 1.29 is 20.1 Å². The molecule has 0 rings (SSSR count). The highest BCUT2D eigenvalue weighted by atomic mass is 16.5. The van der Waals surface area contributed by atoms with Crippen molar-refractivity contribution >= 4 is 5.97 Å². The number of unbranched alkanes of at least 4 members (excludes halogenated alkanes) is 4. The molecule has 0 atom stereocenters. The molecule has 25 heavy (non-hydrogen) atoms. The molecule has 0 saturated carbocycles. The Kier molecular flexibility index (Phi) is 22.9. The first-order valence-corrected chi connectivity index (χ1v) is 9.09. The predicted octanol–water partition coefficient (Wildman–Crippen LogP) is 4.45. The van der Waals surface area contributed by atoms with E-state index < -0.39 is 0 Å². The third-order valence-electron chi connectivity index (χ3n) is 3.49. The summed E-state index contributed by atoms with van der Waals surface area (Å²) < 4.78 is 4.59. The number of carbonyl (C=O) groups excluding carboxylic acids is 1. The molecule has 0 saturated heterocycles. The lowest BCUT2D eigenvalue weighted by Crippen LogP contribution is -1.98. The molecule has 0 unspecified atom stereocenters. The van der Waals surface area contributed by atoms with Gasteiger partial charge in [0.1, 0.15) is 0 Å². The molecule has 0 aromatic heterocycles. The summed E-state index contributed by atoms with van der Waals surface area (Å²) in [6, 6.07) is 0. The van der Waals surface area contributed by atoms with Crippen LogP contribution >= 0.6 is 0 Å². The van der Waals surface area contributed by atoms with Gasteiger partial charge in [0.25, 0.3) is 0 Å². The number of aliphatic hydroxyl groups is 1. The molecule has 0 amide bonds. The van der Waals surface area contributed by atoms with E-state index in [4.69, 9.17) is 5.11 Å². The lowest BCUT2D eigenvalue weighted by molar-refractivity contribution is -0.140. The van der Waals surface area contributed by atoms with Gasteiger partial charge in [-0.2, -0.15) is 0 Å². The van der Waals surface area contributed by atoms with Crippen LogP contribution in [0.15, 0.2) is 48.6 Å². The van der Waals surface area contributed by atoms with Crippen molar-refractivity contribution in [3.8, 4) is 0 Å². The van der Waals surface area contributed by atoms with Crippen molar-refractivity contribution in [3.05, 3.63) is 48.6 Å². The van der Waals surface area contributed by atoms with E-state index in [2.05, 4.69) is 53.3 Å². The molecule has 4 nitrogen and oxygen atoms in total. The molecule has 0 radical (unpaired) electrons. The lowest BCUT2D eigenvalue weighted by Gasteiger charge is -1.95. The van der Waals surface area contributed by atoms with Gasteiger partial charge in [0.05, 0.1) is 7.11 Å². The van der Waals surface area contributed by atoms with Crippen LogP contribution in [0.2, 0.25) is 0 Å². The molecule has 144 valence electrons. The van der Waals surface area contributed by atoms with Gasteiger partial charge in [0.15, 0.2) is 0 Å². The third-order valence-corrected chi connectivity index (χ3v) is 3.49. The average molecular weight is 353 g/mol. The smallest absolute Gasteiger partial charge is 0.305 e. The first kappa shape index (κ1) is 25.6. The fraction of sp³-hybridized carbons (Fsp3) is 0.571. The number of allylic oxidation sites excluding steroid dienone is 8. The van der Waals surface area contributed by atoms with Gasteiger partial charge >= 0.3 is 5.97 Å². The van der Waals surface area contributed by atoms with Gasteiger partial charge in [-0.15, -0.1) is 0 Å². The van der Waals surface area contributed by atoms with E-state index in [9.17, 15) is 4.79 Å². The normalized spacial score (nSPS) is 11.8. The molecule has 0 aromatic carbocycles. The molecular weight excluding hydrogens is 316 g/mol. The Morgan fingerprint density at radius 3 is 1.72 bits per heavy atom. The van der Waals surface area contributed by atoms with E-state index in [1.807, 2.05) is 0 Å². The average Bonchev–Trinajstić information content (AvgIpc) is 2.60. The second kappa shape index (κ2) is 22.4. The summed E-state index contributed by atoms with van der Waals surface area (Å²) in [6.07, 6.45) is 26.9. The van der Waals surface area contributed by atoms with E-state index >= 15 is 0 Å². The highest BCUT2D eigenvalue weighted by molar-refractivity contribution is 5.69. The summed E-state index contributed by atoms with van der Waals surface area (Å²) in [4.78, 5) is 10.9. The number of hydrogen-bond acceptors (Lipinski definition) is 3. The molecule has 3 N–H and O–H groups in total. The highest BCUT2D eigenvalue weighted by Gasteiger charge is 1.96. The van der Waals surface area contributed by atoms with Crippen LogP contribution in [-0.2, 0) is 9.53 Å². The fourth-order valence-corrected chi connectivity index (χ4v) is 2.07. The Labute approximate surface area is 153 Å². The summed E-state index contributed by atoms with van der Waals surface area (Å²) in [7, 11) is 1.43. The van der Waals surface area contributed by atoms with Gasteiger partial charge in [-0.05, 0) is 51.4 Å². The molecule has 0 aliphatic heterocycles. The number of hydrogen-bond donors (Lipinski definition) is 1. The van der Waals surface area contributed by atoms with Crippen LogP contribution in [0.25, 0.3) is 0 Å². The molecule has 0 aliphatic carbocycles. The van der Waals surface area contributed by atoms with E-state index in [-0.39, 0.29) is 11.4 Å². The Morgan fingerprint density at radius 1 is 0.760 bits per heavy atom. The fourth-order valence-electron chi connectivity index (χ4n) is 2.07. The lowest BCUT2D eigenvalue weighted by atomic mass is 10.2. The molecule has 0 fully saturated rings. The Morgan fingerprint density at radius 2 is 1.24 bits per heavy atom. The Hall–Kier alpha value is -1.65. The maximum Gasteiger partial charge on any atom is 0.305 e. The van der Waals surface area contributed by atoms with Crippen molar-refractivity contribution in [3.63, 3.8) is 0 Å². The third kappa shape index (κ3) is 22.4. The largest absolute Gasteiger partial charge is 0.469 e. The van der Waals surface area contributed by atoms with Gasteiger partial charge in [-0.1, -0.05) is 55.0 Å². The summed E-state index contributed by atoms with van der Waals surface area (Å²) >= 11 is 0. The molecule has 0 aromatic rings. The first-order chi connectivity index (χ1) is 11.8. The zero-order valence-corrected chi connectivity index (χ0v) is 15.7. The number of esters is 1. The monoisotopic (exact) mass is 352 g/mol. The van der Waals surface area contributed by atoms with Crippen LogP contribution in [-0.4, -0.2) is 30.3 Å². The van der Waals surface area contributed by atoms with Crippen LogP contribution < -0.4 is 0 Å². The summed E-state index contributed by atoms with van der Waals surface area (Å²) in [6.45, 7) is 0.311. The molecule has 0 heterocycles. The van der Waals surface area contributed by atoms with Gasteiger partial charge in [-0.3, -0.25) is 4.79 Å². The van der Waals surface area contributed by atoms with E-state index in [0.29, 0.717) is 13.0 Å². The maximum atomic E-state index is 10.9. The molecule has 0 spiro atoms. The topological polar surface area (TPSA) is 78.0 Å². The minimum atomic E-state index is -0.133. The minimum absolute atomic E-state index is 0. The Balaban J connectivity index is 0. The number of ether oxygens (including phenoxy) is 1. The standard InChI is InChI=1S/C21H34O3.H2O/c1-24-21(23)19-17-15-13-11-9-7-5-3-2-4-6-8-10-12-14-16-18-20-22;/h2,4-5,7-8,10-11,13,22H,3,6,9,12,14-20H2,1H3;1H2/b4-2-,7-5-,10-8-,13-11-;. The first-order valence-electron chi connectivity index (χ1n) is 9.09. The van der Waals surface area contributed by atoms with Crippen LogP contribution in [0.1, 0.15) is 64.2 Å². The van der Waals surface area contributed by atoms with Gasteiger partial charge in [0.2, 0.25) is 0 Å². The highest BCUT2D eigenvalue weighted by Crippen LogP contribution is 2.01. The van der Waals surface area contributed by atoms with Crippen molar-refractivity contribution in [1.29, 1.82) is 0 Å². The molecule has 0 bridgehead atoms. The molecule has 4 heteroatoms. The number of aliphatic hydroxyl groups excluding tert-OH is 1. The summed E-state index contributed by atoms with van der Waals surface area (Å²) in [5, 5.41) is 8.67. The van der Waals surface area contributed by atoms with Crippen LogP contribution in [0, 0.1) is 0 Å². The zero-order valence-electron chi connectivity index (χ0n) is 15.7. The van der Waals surface area contributed by atoms with Gasteiger partial charge in [0, 0.05) is 13.0 Å². The van der Waals surface area contributed by atoms with E-state index in [0.717, 1.165) is 51.4 Å². The van der Waals surface area contributed by atoms with Crippen molar-refractivity contribution in [2.75, 3.05) is 13.7 Å². The summed E-state index contributed by atoms with van der Waals surface area (Å²) in [5.41, 5.74) is 0. The minimum Gasteiger partial charge on any atom is -0.469 e. The Bertz CT molecular complexity index is 395. The second-order valence-corrected chi connectivity index (χ2v) is 5.63. The van der Waals surface area contributed by atoms with Gasteiger partial charge < -0.3 is 15.3 Å². The van der Waals surface area contributed by atoms with Crippen LogP contribution in [0.5, 0.6) is 0 Å². The van der Waals surface area contributed by atoms with Crippen LogP contribution in [0.4, 0.5) is 0 Å². The number of methoxy groups -OCH3 is 1. The molecule has 0 aliphatic rings. The maximum absolute atomic E-state index is 10.9. The summed E-state index contributed by atoms with van der Waals surface area (Å²) in [5.74, 6) is -0.133. The van der Waals surface area contributed by atoms with Crippen LogP contribution in [0.3, 0.4) is 0 Å². The van der Waals surface area contributed by atoms with Gasteiger partial charge in [-0.25, -0.2) is 0 Å². The van der Waals surface area contributed by atoms with Crippen molar-refractivity contribution in [2.24, 2.45) is 0 Å². The zero-order chi connectivity index (χ0) is 17.7. The predicted molar refractivity (Wildman–Crippen MR) is 105 cm³/mol. The quantitative estimate of drug-likeness (QED) is 0.269. The number of rotatable bonds is 15. The van der Waals surface area contributed by atoms with Crippen molar-refractivity contribution in [2.45, 2.75) is 64.2 Å². The SMILES string of the molecule is COC(=O)CCC/C=C\C/C=C\C/C=C\C/C=C\CCCCCO.O. The second-order valence-electron chi connectivity index (χ2n) is 5.63. The van der Waals surface area contributed by atoms with E-state index in [1.165, 1.54) is 13.5 Å². The van der Waals surface area contributed by atoms with E-state index in [1.54, 1.807) is 0 Å².